The van der Waals surface area contributed by atoms with Gasteiger partial charge >= 0.3 is 0 Å². The van der Waals surface area contributed by atoms with Crippen molar-refractivity contribution in [3.8, 4) is 0 Å². The number of rotatable bonds is 8. The Labute approximate surface area is 173 Å². The molecule has 146 valence electrons. The maximum atomic E-state index is 14.2. The lowest BCUT2D eigenvalue weighted by Gasteiger charge is -2.12. The molecule has 1 aromatic carbocycles. The quantitative estimate of drug-likeness (QED) is 0.326. The van der Waals surface area contributed by atoms with Gasteiger partial charge in [-0.2, -0.15) is 0 Å². The summed E-state index contributed by atoms with van der Waals surface area (Å²) < 4.78 is 14.9. The lowest BCUT2D eigenvalue weighted by atomic mass is 10.1. The van der Waals surface area contributed by atoms with Crippen LogP contribution in [0.2, 0.25) is 0 Å². The van der Waals surface area contributed by atoms with Gasteiger partial charge in [-0.1, -0.05) is 0 Å². The van der Waals surface area contributed by atoms with E-state index in [0.717, 1.165) is 14.9 Å². The Morgan fingerprint density at radius 3 is 2.67 bits per heavy atom. The van der Waals surface area contributed by atoms with Crippen LogP contribution in [0.1, 0.15) is 38.9 Å². The monoisotopic (exact) mass is 506 g/mol. The summed E-state index contributed by atoms with van der Waals surface area (Å²) in [6.45, 7) is 2.83. The van der Waals surface area contributed by atoms with Gasteiger partial charge in [-0.3, -0.25) is 9.59 Å². The van der Waals surface area contributed by atoms with Gasteiger partial charge in [0.05, 0.1) is 22.2 Å². The molecule has 0 aliphatic rings. The summed E-state index contributed by atoms with van der Waals surface area (Å²) in [5.74, 6) is -1.15. The second kappa shape index (κ2) is 9.58. The third kappa shape index (κ3) is 5.47. The highest BCUT2D eigenvalue weighted by Crippen LogP contribution is 2.36. The van der Waals surface area contributed by atoms with Crippen LogP contribution in [0, 0.1) is 16.3 Å². The van der Waals surface area contributed by atoms with Crippen LogP contribution in [0.15, 0.2) is 18.2 Å². The van der Waals surface area contributed by atoms with Gasteiger partial charge < -0.3 is 20.8 Å². The van der Waals surface area contributed by atoms with Crippen LogP contribution in [0.25, 0.3) is 0 Å². The zero-order valence-electron chi connectivity index (χ0n) is 14.8. The lowest BCUT2D eigenvalue weighted by molar-refractivity contribution is 0.0890. The number of benzene rings is 1. The number of carbonyl (C=O) groups is 2. The maximum absolute atomic E-state index is 14.2. The number of carbonyl (C=O) groups excluding carboxylic acids is 2. The van der Waals surface area contributed by atoms with E-state index in [0.29, 0.717) is 15.4 Å². The summed E-state index contributed by atoms with van der Waals surface area (Å²) in [5.41, 5.74) is 0.926. The predicted molar refractivity (Wildman–Crippen MR) is 112 cm³/mol. The molecule has 1 heterocycles. The minimum absolute atomic E-state index is 0.0403. The minimum atomic E-state index is -0.879. The highest BCUT2D eigenvalue weighted by Gasteiger charge is 2.24. The average Bonchev–Trinajstić information content (AvgIpc) is 2.92. The summed E-state index contributed by atoms with van der Waals surface area (Å²) in [7, 11) is 0. The van der Waals surface area contributed by atoms with Crippen LogP contribution in [0.4, 0.5) is 15.1 Å². The van der Waals surface area contributed by atoms with Gasteiger partial charge in [0, 0.05) is 16.7 Å². The molecule has 27 heavy (non-hydrogen) atoms. The molecule has 1 aromatic heterocycles. The van der Waals surface area contributed by atoms with Crippen molar-refractivity contribution >= 4 is 56.3 Å². The van der Waals surface area contributed by atoms with Crippen LogP contribution in [0.5, 0.6) is 0 Å². The average molecular weight is 506 g/mol. The van der Waals surface area contributed by atoms with Crippen LogP contribution in [-0.4, -0.2) is 41.2 Å². The van der Waals surface area contributed by atoms with E-state index in [1.54, 1.807) is 19.1 Å². The molecule has 6 nitrogen and oxygen atoms in total. The van der Waals surface area contributed by atoms with Gasteiger partial charge in [-0.05, 0) is 66.6 Å². The fourth-order valence-electron chi connectivity index (χ4n) is 2.47. The van der Waals surface area contributed by atoms with Gasteiger partial charge in [-0.15, -0.1) is 11.3 Å². The molecule has 0 aliphatic carbocycles. The van der Waals surface area contributed by atoms with E-state index in [2.05, 4.69) is 10.6 Å². The number of hydrogen-bond donors (Lipinski definition) is 4. The van der Waals surface area contributed by atoms with Crippen molar-refractivity contribution in [2.45, 2.75) is 26.4 Å². The Morgan fingerprint density at radius 2 is 2.07 bits per heavy atom. The molecule has 0 fully saturated rings. The van der Waals surface area contributed by atoms with Crippen molar-refractivity contribution in [2.75, 3.05) is 18.5 Å². The van der Waals surface area contributed by atoms with Gasteiger partial charge in [0.2, 0.25) is 0 Å². The van der Waals surface area contributed by atoms with Crippen LogP contribution < -0.4 is 10.6 Å². The second-order valence-electron chi connectivity index (χ2n) is 5.94. The van der Waals surface area contributed by atoms with Crippen LogP contribution in [0.3, 0.4) is 0 Å². The van der Waals surface area contributed by atoms with E-state index in [1.165, 1.54) is 13.0 Å². The Bertz CT molecular complexity index is 856. The first kappa shape index (κ1) is 21.7. The van der Waals surface area contributed by atoms with Crippen molar-refractivity contribution in [2.24, 2.45) is 0 Å². The smallest absolute Gasteiger partial charge is 0.254 e. The van der Waals surface area contributed by atoms with Crippen LogP contribution >= 0.6 is 33.9 Å². The third-order valence-corrected chi connectivity index (χ3v) is 5.81. The number of thiophene rings is 1. The Kier molecular flexibility index (Phi) is 7.71. The largest absolute Gasteiger partial charge is 0.396 e. The first-order chi connectivity index (χ1) is 12.7. The molecule has 2 rings (SSSR count). The molecule has 0 unspecified atom stereocenters. The molecule has 4 N–H and O–H groups in total. The van der Waals surface area contributed by atoms with Gasteiger partial charge in [0.25, 0.3) is 5.91 Å². The molecule has 2 aromatic rings. The Hall–Kier alpha value is -1.56. The fraction of sp³-hybridized carbons (Fsp3) is 0.333. The first-order valence-electron chi connectivity index (χ1n) is 8.18. The number of Topliss-reactive ketones (excluding diaryl/α,β-unsaturated/α-hetero) is 1. The topological polar surface area (TPSA) is 98.7 Å². The SMILES string of the molecule is CC(=O)c1sc(Nc2ccc(I)cc2F)c(C(=O)NC[C@H](O)CCO)c1C. The molecular formula is C18H20FIN2O4S. The van der Waals surface area contributed by atoms with E-state index in [4.69, 9.17) is 5.11 Å². The minimum Gasteiger partial charge on any atom is -0.396 e. The van der Waals surface area contributed by atoms with Crippen molar-refractivity contribution < 1.29 is 24.2 Å². The number of halogens is 2. The molecule has 9 heteroatoms. The molecule has 0 bridgehead atoms. The van der Waals surface area contributed by atoms with E-state index in [9.17, 15) is 19.1 Å². The second-order valence-corrected chi connectivity index (χ2v) is 8.21. The van der Waals surface area contributed by atoms with Gasteiger partial charge in [0.15, 0.2) is 5.78 Å². The van der Waals surface area contributed by atoms with E-state index in [-0.39, 0.29) is 36.6 Å². The van der Waals surface area contributed by atoms with E-state index >= 15 is 0 Å². The Balaban J connectivity index is 2.34. The molecule has 1 amide bonds. The van der Waals surface area contributed by atoms with E-state index < -0.39 is 17.8 Å². The zero-order chi connectivity index (χ0) is 20.1. The number of ketones is 1. The highest BCUT2D eigenvalue weighted by molar-refractivity contribution is 14.1. The maximum Gasteiger partial charge on any atom is 0.254 e. The number of aliphatic hydroxyl groups is 2. The summed E-state index contributed by atoms with van der Waals surface area (Å²) >= 11 is 3.08. The van der Waals surface area contributed by atoms with Crippen molar-refractivity contribution in [3.05, 3.63) is 43.6 Å². The zero-order valence-corrected chi connectivity index (χ0v) is 17.8. The molecule has 1 atom stereocenters. The van der Waals surface area contributed by atoms with Crippen LogP contribution in [-0.2, 0) is 0 Å². The number of amides is 1. The van der Waals surface area contributed by atoms with Gasteiger partial charge in [-0.25, -0.2) is 4.39 Å². The molecular weight excluding hydrogens is 486 g/mol. The number of hydrogen-bond acceptors (Lipinski definition) is 6. The highest BCUT2D eigenvalue weighted by atomic mass is 127. The van der Waals surface area contributed by atoms with Crippen molar-refractivity contribution in [1.82, 2.24) is 5.32 Å². The molecule has 0 radical (unpaired) electrons. The number of nitrogens with one attached hydrogen (secondary N) is 2. The lowest BCUT2D eigenvalue weighted by Crippen LogP contribution is -2.33. The summed E-state index contributed by atoms with van der Waals surface area (Å²) in [6, 6.07) is 4.65. The standard InChI is InChI=1S/C18H20FIN2O4S/c1-9-15(17(26)21-8-12(25)5-6-23)18(27-16(9)10(2)24)22-14-4-3-11(20)7-13(14)19/h3-4,7,12,22-23,25H,5-6,8H2,1-2H3,(H,21,26)/t12-/m1/s1. The summed E-state index contributed by atoms with van der Waals surface area (Å²) in [6.07, 6.45) is -0.740. The summed E-state index contributed by atoms with van der Waals surface area (Å²) in [5, 5.41) is 24.4. The first-order valence-corrected chi connectivity index (χ1v) is 10.1. The van der Waals surface area contributed by atoms with Crippen molar-refractivity contribution in [1.29, 1.82) is 0 Å². The molecule has 0 saturated heterocycles. The third-order valence-electron chi connectivity index (χ3n) is 3.83. The molecule has 0 saturated carbocycles. The Morgan fingerprint density at radius 1 is 1.37 bits per heavy atom. The van der Waals surface area contributed by atoms with Gasteiger partial charge in [0.1, 0.15) is 10.8 Å². The van der Waals surface area contributed by atoms with E-state index in [1.807, 2.05) is 22.6 Å². The predicted octanol–water partition coefficient (Wildman–Crippen LogP) is 3.22. The molecule has 0 aliphatic heterocycles. The summed E-state index contributed by atoms with van der Waals surface area (Å²) in [4.78, 5) is 24.9. The normalized spacial score (nSPS) is 11.9. The molecule has 0 spiro atoms. The number of aliphatic hydroxyl groups excluding tert-OH is 2. The number of anilines is 2. The van der Waals surface area contributed by atoms with Crippen molar-refractivity contribution in [3.63, 3.8) is 0 Å². The fourth-order valence-corrected chi connectivity index (χ4v) is 4.04.